The van der Waals surface area contributed by atoms with Crippen molar-refractivity contribution in [3.05, 3.63) is 29.8 Å². The van der Waals surface area contributed by atoms with Crippen molar-refractivity contribution in [3.8, 4) is 0 Å². The molecule has 0 radical (unpaired) electrons. The molecule has 2 aliphatic rings. The lowest BCUT2D eigenvalue weighted by atomic mass is 9.96. The first-order chi connectivity index (χ1) is 10.3. The zero-order chi connectivity index (χ0) is 14.7. The van der Waals surface area contributed by atoms with Crippen LogP contribution in [0.15, 0.2) is 24.3 Å². The molecule has 114 valence electrons. The van der Waals surface area contributed by atoms with Crippen LogP contribution in [0.1, 0.15) is 50.0 Å². The number of carbonyl (C=O) groups excluding carboxylic acids is 1. The van der Waals surface area contributed by atoms with E-state index in [1.807, 2.05) is 23.1 Å². The molecule has 1 saturated carbocycles. The standard InChI is InChI=1S/C17H25N3O/c18-11-10-13-12-20(16-9-5-4-8-15(13)16)17(21)19-14-6-2-1-3-7-14/h4-5,8-9,13-14H,1-3,6-7,10-12,18H2,(H,19,21). The molecule has 1 aromatic rings. The van der Waals surface area contributed by atoms with Crippen molar-refractivity contribution in [2.24, 2.45) is 5.73 Å². The van der Waals surface area contributed by atoms with Gasteiger partial charge >= 0.3 is 6.03 Å². The van der Waals surface area contributed by atoms with Crippen LogP contribution in [0.2, 0.25) is 0 Å². The Bertz CT molecular complexity index is 497. The molecule has 1 aliphatic carbocycles. The average Bonchev–Trinajstić information content (AvgIpc) is 2.88. The Hall–Kier alpha value is -1.55. The Kier molecular flexibility index (Phi) is 4.44. The number of nitrogens with zero attached hydrogens (tertiary/aromatic N) is 1. The fraction of sp³-hybridized carbons (Fsp3) is 0.588. The molecule has 1 fully saturated rings. The first-order valence-electron chi connectivity index (χ1n) is 8.16. The Balaban J connectivity index is 1.71. The lowest BCUT2D eigenvalue weighted by molar-refractivity contribution is 0.238. The number of urea groups is 1. The number of nitrogens with one attached hydrogen (secondary N) is 1. The van der Waals surface area contributed by atoms with E-state index in [2.05, 4.69) is 11.4 Å². The molecule has 0 saturated heterocycles. The summed E-state index contributed by atoms with van der Waals surface area (Å²) in [6, 6.07) is 8.64. The molecule has 1 aliphatic heterocycles. The van der Waals surface area contributed by atoms with Crippen molar-refractivity contribution in [1.29, 1.82) is 0 Å². The lowest BCUT2D eigenvalue weighted by Gasteiger charge is -2.26. The highest BCUT2D eigenvalue weighted by Crippen LogP contribution is 2.37. The molecule has 4 heteroatoms. The van der Waals surface area contributed by atoms with E-state index in [9.17, 15) is 4.79 Å². The van der Waals surface area contributed by atoms with Crippen LogP contribution in [-0.2, 0) is 0 Å². The van der Waals surface area contributed by atoms with Crippen LogP contribution < -0.4 is 16.0 Å². The van der Waals surface area contributed by atoms with Gasteiger partial charge in [0.05, 0.1) is 0 Å². The maximum Gasteiger partial charge on any atom is 0.322 e. The summed E-state index contributed by atoms with van der Waals surface area (Å²) in [6.07, 6.45) is 6.94. The number of hydrogen-bond acceptors (Lipinski definition) is 2. The van der Waals surface area contributed by atoms with E-state index < -0.39 is 0 Å². The van der Waals surface area contributed by atoms with E-state index in [1.54, 1.807) is 0 Å². The van der Waals surface area contributed by atoms with Gasteiger partial charge in [0, 0.05) is 24.2 Å². The van der Waals surface area contributed by atoms with E-state index in [1.165, 1.54) is 24.8 Å². The summed E-state index contributed by atoms with van der Waals surface area (Å²) in [4.78, 5) is 14.5. The van der Waals surface area contributed by atoms with Crippen molar-refractivity contribution in [2.45, 2.75) is 50.5 Å². The molecule has 1 unspecified atom stereocenters. The molecule has 0 spiro atoms. The second-order valence-electron chi connectivity index (χ2n) is 6.23. The summed E-state index contributed by atoms with van der Waals surface area (Å²) in [5, 5.41) is 3.22. The second kappa shape index (κ2) is 6.48. The maximum absolute atomic E-state index is 12.6. The molecule has 0 aromatic heterocycles. The van der Waals surface area contributed by atoms with Crippen LogP contribution in [0.5, 0.6) is 0 Å². The number of benzene rings is 1. The summed E-state index contributed by atoms with van der Waals surface area (Å²) < 4.78 is 0. The average molecular weight is 287 g/mol. The van der Waals surface area contributed by atoms with Gasteiger partial charge in [-0.2, -0.15) is 0 Å². The predicted molar refractivity (Wildman–Crippen MR) is 85.6 cm³/mol. The first-order valence-corrected chi connectivity index (χ1v) is 8.16. The lowest BCUT2D eigenvalue weighted by Crippen LogP contribution is -2.45. The fourth-order valence-electron chi connectivity index (χ4n) is 3.64. The highest BCUT2D eigenvalue weighted by molar-refractivity contribution is 5.94. The first kappa shape index (κ1) is 14.4. The summed E-state index contributed by atoms with van der Waals surface area (Å²) in [6.45, 7) is 1.42. The number of hydrogen-bond donors (Lipinski definition) is 2. The number of anilines is 1. The second-order valence-corrected chi connectivity index (χ2v) is 6.23. The highest BCUT2D eigenvalue weighted by Gasteiger charge is 2.32. The molecule has 21 heavy (non-hydrogen) atoms. The maximum atomic E-state index is 12.6. The molecule has 1 heterocycles. The van der Waals surface area contributed by atoms with Crippen LogP contribution in [0.3, 0.4) is 0 Å². The Morgan fingerprint density at radius 3 is 2.76 bits per heavy atom. The Morgan fingerprint density at radius 2 is 2.00 bits per heavy atom. The van der Waals surface area contributed by atoms with Gasteiger partial charge in [-0.1, -0.05) is 37.5 Å². The van der Waals surface area contributed by atoms with Crippen LogP contribution in [0, 0.1) is 0 Å². The van der Waals surface area contributed by atoms with E-state index in [0.29, 0.717) is 18.5 Å². The van der Waals surface area contributed by atoms with Crippen molar-refractivity contribution in [1.82, 2.24) is 5.32 Å². The highest BCUT2D eigenvalue weighted by atomic mass is 16.2. The third-order valence-electron chi connectivity index (χ3n) is 4.76. The van der Waals surface area contributed by atoms with Crippen LogP contribution >= 0.6 is 0 Å². The van der Waals surface area contributed by atoms with E-state index in [-0.39, 0.29) is 6.03 Å². The van der Waals surface area contributed by atoms with Crippen molar-refractivity contribution in [2.75, 3.05) is 18.0 Å². The molecule has 4 nitrogen and oxygen atoms in total. The number of fused-ring (bicyclic) bond motifs is 1. The van der Waals surface area contributed by atoms with Crippen LogP contribution in [-0.4, -0.2) is 25.2 Å². The molecule has 1 aromatic carbocycles. The van der Waals surface area contributed by atoms with Gasteiger partial charge in [-0.05, 0) is 37.4 Å². The van der Waals surface area contributed by atoms with Gasteiger partial charge in [-0.15, -0.1) is 0 Å². The smallest absolute Gasteiger partial charge is 0.322 e. The molecular weight excluding hydrogens is 262 g/mol. The molecular formula is C17H25N3O. The third kappa shape index (κ3) is 3.05. The molecule has 3 rings (SSSR count). The van der Waals surface area contributed by atoms with Gasteiger partial charge in [0.15, 0.2) is 0 Å². The van der Waals surface area contributed by atoms with Crippen LogP contribution in [0.25, 0.3) is 0 Å². The SMILES string of the molecule is NCCC1CN(C(=O)NC2CCCCC2)c2ccccc21. The Morgan fingerprint density at radius 1 is 1.24 bits per heavy atom. The molecule has 1 atom stereocenters. The minimum Gasteiger partial charge on any atom is -0.335 e. The normalized spacial score (nSPS) is 22.1. The molecule has 2 amide bonds. The number of carbonyl (C=O) groups is 1. The van der Waals surface area contributed by atoms with Crippen molar-refractivity contribution in [3.63, 3.8) is 0 Å². The largest absolute Gasteiger partial charge is 0.335 e. The van der Waals surface area contributed by atoms with E-state index in [0.717, 1.165) is 31.5 Å². The minimum absolute atomic E-state index is 0.0638. The monoisotopic (exact) mass is 287 g/mol. The zero-order valence-corrected chi connectivity index (χ0v) is 12.6. The van der Waals surface area contributed by atoms with Gasteiger partial charge < -0.3 is 11.1 Å². The van der Waals surface area contributed by atoms with Gasteiger partial charge in [-0.3, -0.25) is 4.90 Å². The van der Waals surface area contributed by atoms with Crippen molar-refractivity contribution < 1.29 is 4.79 Å². The number of rotatable bonds is 3. The number of nitrogens with two attached hydrogens (primary N) is 1. The summed E-state index contributed by atoms with van der Waals surface area (Å²) in [7, 11) is 0. The minimum atomic E-state index is 0.0638. The molecule has 3 N–H and O–H groups in total. The summed E-state index contributed by atoms with van der Waals surface area (Å²) in [5.74, 6) is 0.378. The van der Waals surface area contributed by atoms with E-state index >= 15 is 0 Å². The van der Waals surface area contributed by atoms with Gasteiger partial charge in [0.1, 0.15) is 0 Å². The number of para-hydroxylation sites is 1. The fourth-order valence-corrected chi connectivity index (χ4v) is 3.64. The predicted octanol–water partition coefficient (Wildman–Crippen LogP) is 2.98. The Labute approximate surface area is 126 Å². The number of amides is 2. The van der Waals surface area contributed by atoms with Gasteiger partial charge in [-0.25, -0.2) is 4.79 Å². The molecule has 0 bridgehead atoms. The third-order valence-corrected chi connectivity index (χ3v) is 4.76. The van der Waals surface area contributed by atoms with Gasteiger partial charge in [0.2, 0.25) is 0 Å². The van der Waals surface area contributed by atoms with E-state index in [4.69, 9.17) is 5.73 Å². The van der Waals surface area contributed by atoms with Crippen molar-refractivity contribution >= 4 is 11.7 Å². The zero-order valence-electron chi connectivity index (χ0n) is 12.6. The summed E-state index contributed by atoms with van der Waals surface area (Å²) in [5.41, 5.74) is 8.04. The topological polar surface area (TPSA) is 58.4 Å². The van der Waals surface area contributed by atoms with Gasteiger partial charge in [0.25, 0.3) is 0 Å². The quantitative estimate of drug-likeness (QED) is 0.898. The summed E-state index contributed by atoms with van der Waals surface area (Å²) >= 11 is 0. The van der Waals surface area contributed by atoms with Crippen LogP contribution in [0.4, 0.5) is 10.5 Å².